The number of anilines is 1. The summed E-state index contributed by atoms with van der Waals surface area (Å²) in [4.78, 5) is 31.4. The van der Waals surface area contributed by atoms with Crippen molar-refractivity contribution in [2.75, 3.05) is 19.0 Å². The van der Waals surface area contributed by atoms with Gasteiger partial charge in [-0.2, -0.15) is 0 Å². The average Bonchev–Trinajstić information content (AvgIpc) is 2.99. The quantitative estimate of drug-likeness (QED) is 0.432. The third kappa shape index (κ3) is 5.60. The molecule has 0 bridgehead atoms. The number of carbonyl (C=O) groups excluding carboxylic acids is 2. The van der Waals surface area contributed by atoms with Gasteiger partial charge in [-0.25, -0.2) is 4.99 Å². The van der Waals surface area contributed by atoms with E-state index < -0.39 is 5.25 Å². The summed E-state index contributed by atoms with van der Waals surface area (Å²) in [5.74, 6) is 0.387. The molecule has 3 rings (SSSR count). The van der Waals surface area contributed by atoms with E-state index in [2.05, 4.69) is 39.5 Å². The largest absolute Gasteiger partial charge is 0.497 e. The second-order valence-corrected chi connectivity index (χ2v) is 8.61. The minimum atomic E-state index is -0.518. The van der Waals surface area contributed by atoms with Gasteiger partial charge in [-0.1, -0.05) is 17.8 Å². The summed E-state index contributed by atoms with van der Waals surface area (Å²) < 4.78 is 6.24. The van der Waals surface area contributed by atoms with Crippen molar-refractivity contribution in [3.05, 3.63) is 64.8 Å². The lowest BCUT2D eigenvalue weighted by Gasteiger charge is -2.14. The standard InChI is InChI=1S/C21H20IN3O3S/c1-3-12-25-20(27)18(13-19(26)23-15-6-4-14(22)5-7-15)29-21(25)24-16-8-10-17(28-2)11-9-16/h3-11,18H,1,12-13H2,2H3,(H,23,26)/t18-/m0/s1. The van der Waals surface area contributed by atoms with E-state index in [0.29, 0.717) is 23.1 Å². The first kappa shape index (κ1) is 21.4. The van der Waals surface area contributed by atoms with Crippen LogP contribution in [0.3, 0.4) is 0 Å². The van der Waals surface area contributed by atoms with E-state index in [1.807, 2.05) is 48.5 Å². The van der Waals surface area contributed by atoms with E-state index in [9.17, 15) is 9.59 Å². The van der Waals surface area contributed by atoms with E-state index in [-0.39, 0.29) is 18.2 Å². The van der Waals surface area contributed by atoms with Crippen LogP contribution in [0.4, 0.5) is 11.4 Å². The highest BCUT2D eigenvalue weighted by Gasteiger charge is 2.38. The Kier molecular flexibility index (Phi) is 7.32. The van der Waals surface area contributed by atoms with Crippen LogP contribution in [0.1, 0.15) is 6.42 Å². The smallest absolute Gasteiger partial charge is 0.242 e. The number of aliphatic imine (C=N–C) groups is 1. The molecule has 1 aliphatic rings. The summed E-state index contributed by atoms with van der Waals surface area (Å²) in [5.41, 5.74) is 1.42. The van der Waals surface area contributed by atoms with Gasteiger partial charge in [0.2, 0.25) is 11.8 Å². The number of thioether (sulfide) groups is 1. The number of methoxy groups -OCH3 is 1. The Morgan fingerprint density at radius 2 is 1.97 bits per heavy atom. The van der Waals surface area contributed by atoms with Crippen LogP contribution >= 0.6 is 34.4 Å². The summed E-state index contributed by atoms with van der Waals surface area (Å²) in [6.07, 6.45) is 1.72. The van der Waals surface area contributed by atoms with Crippen LogP contribution in [0.25, 0.3) is 0 Å². The lowest BCUT2D eigenvalue weighted by molar-refractivity contribution is -0.127. The molecule has 2 aromatic carbocycles. The predicted molar refractivity (Wildman–Crippen MR) is 126 cm³/mol. The number of amides is 2. The minimum Gasteiger partial charge on any atom is -0.497 e. The zero-order valence-corrected chi connectivity index (χ0v) is 18.8. The molecule has 150 valence electrons. The van der Waals surface area contributed by atoms with Crippen molar-refractivity contribution >= 4 is 62.7 Å². The number of amidine groups is 1. The first-order valence-corrected chi connectivity index (χ1v) is 10.8. The van der Waals surface area contributed by atoms with Gasteiger partial charge in [0.15, 0.2) is 5.17 Å². The van der Waals surface area contributed by atoms with Gasteiger partial charge in [0.25, 0.3) is 0 Å². The van der Waals surface area contributed by atoms with E-state index >= 15 is 0 Å². The normalized spacial score (nSPS) is 17.4. The van der Waals surface area contributed by atoms with Crippen molar-refractivity contribution < 1.29 is 14.3 Å². The molecule has 6 nitrogen and oxygen atoms in total. The molecule has 2 aromatic rings. The Hall–Kier alpha value is -2.33. The molecule has 0 saturated carbocycles. The van der Waals surface area contributed by atoms with Gasteiger partial charge in [0, 0.05) is 22.2 Å². The number of benzene rings is 2. The molecule has 0 radical (unpaired) electrons. The molecule has 1 aliphatic heterocycles. The molecule has 29 heavy (non-hydrogen) atoms. The molecule has 1 N–H and O–H groups in total. The number of hydrogen-bond acceptors (Lipinski definition) is 5. The Bertz CT molecular complexity index is 929. The van der Waals surface area contributed by atoms with Crippen molar-refractivity contribution in [3.8, 4) is 5.75 Å². The average molecular weight is 521 g/mol. The summed E-state index contributed by atoms with van der Waals surface area (Å²) in [6, 6.07) is 14.8. The number of nitrogens with one attached hydrogen (secondary N) is 1. The van der Waals surface area contributed by atoms with Gasteiger partial charge < -0.3 is 10.1 Å². The van der Waals surface area contributed by atoms with Crippen molar-refractivity contribution in [3.63, 3.8) is 0 Å². The van der Waals surface area contributed by atoms with Crippen LogP contribution in [0.2, 0.25) is 0 Å². The first-order chi connectivity index (χ1) is 14.0. The molecular formula is C21H20IN3O3S. The topological polar surface area (TPSA) is 71.0 Å². The maximum atomic E-state index is 12.8. The second-order valence-electron chi connectivity index (χ2n) is 6.20. The van der Waals surface area contributed by atoms with E-state index in [1.54, 1.807) is 18.1 Å². The summed E-state index contributed by atoms with van der Waals surface area (Å²) >= 11 is 3.50. The number of ether oxygens (including phenoxy) is 1. The molecule has 0 aliphatic carbocycles. The molecule has 0 unspecified atom stereocenters. The maximum absolute atomic E-state index is 12.8. The molecule has 2 amide bonds. The fraction of sp³-hybridized carbons (Fsp3) is 0.190. The van der Waals surface area contributed by atoms with Crippen LogP contribution < -0.4 is 10.1 Å². The fourth-order valence-corrected chi connectivity index (χ4v) is 4.23. The zero-order valence-electron chi connectivity index (χ0n) is 15.8. The molecule has 1 fully saturated rings. The maximum Gasteiger partial charge on any atom is 0.242 e. The van der Waals surface area contributed by atoms with Crippen LogP contribution in [-0.4, -0.2) is 40.8 Å². The highest BCUT2D eigenvalue weighted by Crippen LogP contribution is 2.32. The van der Waals surface area contributed by atoms with E-state index in [0.717, 1.165) is 9.32 Å². The van der Waals surface area contributed by atoms with Crippen molar-refractivity contribution in [1.29, 1.82) is 0 Å². The van der Waals surface area contributed by atoms with Crippen molar-refractivity contribution in [2.45, 2.75) is 11.7 Å². The number of hydrogen-bond donors (Lipinski definition) is 1. The monoisotopic (exact) mass is 521 g/mol. The van der Waals surface area contributed by atoms with Gasteiger partial charge in [0.1, 0.15) is 11.0 Å². The SMILES string of the molecule is C=CCN1C(=O)[C@H](CC(=O)Nc2ccc(I)cc2)SC1=Nc1ccc(OC)cc1. The Morgan fingerprint density at radius 1 is 1.28 bits per heavy atom. The van der Waals surface area contributed by atoms with Crippen LogP contribution in [0, 0.1) is 3.57 Å². The van der Waals surface area contributed by atoms with Gasteiger partial charge >= 0.3 is 0 Å². The summed E-state index contributed by atoms with van der Waals surface area (Å²) in [6.45, 7) is 4.06. The van der Waals surface area contributed by atoms with Crippen LogP contribution in [-0.2, 0) is 9.59 Å². The van der Waals surface area contributed by atoms with Gasteiger partial charge in [-0.3, -0.25) is 14.5 Å². The summed E-state index contributed by atoms with van der Waals surface area (Å²) in [7, 11) is 1.60. The van der Waals surface area contributed by atoms with Gasteiger partial charge in [0.05, 0.1) is 12.8 Å². The lowest BCUT2D eigenvalue weighted by atomic mass is 10.2. The lowest BCUT2D eigenvalue weighted by Crippen LogP contribution is -2.33. The Morgan fingerprint density at radius 3 is 2.59 bits per heavy atom. The molecule has 0 spiro atoms. The minimum absolute atomic E-state index is 0.0742. The third-order valence-corrected chi connectivity index (χ3v) is 6.02. The Balaban J connectivity index is 1.71. The van der Waals surface area contributed by atoms with E-state index in [4.69, 9.17) is 4.74 Å². The molecule has 1 atom stereocenters. The van der Waals surface area contributed by atoms with Crippen molar-refractivity contribution in [2.24, 2.45) is 4.99 Å². The molecule has 1 heterocycles. The molecule has 8 heteroatoms. The van der Waals surface area contributed by atoms with Gasteiger partial charge in [-0.05, 0) is 71.1 Å². The first-order valence-electron chi connectivity index (χ1n) is 8.87. The number of rotatable bonds is 7. The van der Waals surface area contributed by atoms with Gasteiger partial charge in [-0.15, -0.1) is 6.58 Å². The van der Waals surface area contributed by atoms with Crippen molar-refractivity contribution in [1.82, 2.24) is 4.90 Å². The number of halogens is 1. The van der Waals surface area contributed by atoms with Crippen LogP contribution in [0.15, 0.2) is 66.2 Å². The number of carbonyl (C=O) groups is 2. The highest BCUT2D eigenvalue weighted by atomic mass is 127. The van der Waals surface area contributed by atoms with Crippen LogP contribution in [0.5, 0.6) is 5.75 Å². The molecule has 1 saturated heterocycles. The Labute approximate surface area is 187 Å². The molecular weight excluding hydrogens is 501 g/mol. The highest BCUT2D eigenvalue weighted by molar-refractivity contribution is 14.1. The van der Waals surface area contributed by atoms with E-state index in [1.165, 1.54) is 11.8 Å². The summed E-state index contributed by atoms with van der Waals surface area (Å²) in [5, 5.41) is 2.88. The number of nitrogens with zero attached hydrogens (tertiary/aromatic N) is 2. The third-order valence-electron chi connectivity index (χ3n) is 4.13. The predicted octanol–water partition coefficient (Wildman–Crippen LogP) is 4.45. The zero-order chi connectivity index (χ0) is 20.8. The molecule has 0 aromatic heterocycles. The second kappa shape index (κ2) is 9.93. The fourth-order valence-electron chi connectivity index (χ4n) is 2.70.